The number of hydrogen-bond donors (Lipinski definition) is 0. The molecular weight excluding hydrogens is 492 g/mol. The van der Waals surface area contributed by atoms with E-state index < -0.39 is 18.0 Å². The first kappa shape index (κ1) is 24.4. The van der Waals surface area contributed by atoms with Crippen molar-refractivity contribution in [3.63, 3.8) is 0 Å². The molecule has 0 saturated heterocycles. The molecule has 0 radical (unpaired) electrons. The lowest BCUT2D eigenvalue weighted by Gasteiger charge is -2.25. The van der Waals surface area contributed by atoms with Crippen LogP contribution in [0.15, 0.2) is 63.5 Å². The Hall–Kier alpha value is -3.69. The molecule has 1 aliphatic rings. The number of ether oxygens (including phenoxy) is 3. The molecule has 0 amide bonds. The Kier molecular flexibility index (Phi) is 6.90. The average Bonchev–Trinajstić information content (AvgIpc) is 3.13. The van der Waals surface area contributed by atoms with Crippen LogP contribution in [0.1, 0.15) is 31.0 Å². The Bertz CT molecular complexity index is 1550. The SMILES string of the molecule is COC(=O)C1=C(C)N=c2s/c(=C\c3ccccc3Cl)c(=O)n2[C@H]1c1ccc(OC(C)=O)c(OC)c1. The zero-order valence-electron chi connectivity index (χ0n) is 19.3. The number of nitrogens with zero attached hydrogens (tertiary/aromatic N) is 2. The summed E-state index contributed by atoms with van der Waals surface area (Å²) < 4.78 is 17.5. The second kappa shape index (κ2) is 9.89. The summed E-state index contributed by atoms with van der Waals surface area (Å²) in [7, 11) is 2.70. The van der Waals surface area contributed by atoms with Crippen molar-refractivity contribution >= 4 is 41.0 Å². The quantitative estimate of drug-likeness (QED) is 0.385. The molecule has 180 valence electrons. The summed E-state index contributed by atoms with van der Waals surface area (Å²) in [6.07, 6.45) is 1.70. The molecule has 1 aliphatic heterocycles. The average molecular weight is 513 g/mol. The molecule has 0 saturated carbocycles. The van der Waals surface area contributed by atoms with E-state index in [4.69, 9.17) is 25.8 Å². The zero-order valence-corrected chi connectivity index (χ0v) is 20.9. The highest BCUT2D eigenvalue weighted by Crippen LogP contribution is 2.36. The molecule has 2 heterocycles. The van der Waals surface area contributed by atoms with Crippen LogP contribution in [0.5, 0.6) is 11.5 Å². The van der Waals surface area contributed by atoms with Gasteiger partial charge in [-0.1, -0.05) is 47.2 Å². The summed E-state index contributed by atoms with van der Waals surface area (Å²) in [5, 5.41) is 0.507. The maximum atomic E-state index is 13.6. The van der Waals surface area contributed by atoms with Crippen LogP contribution in [-0.2, 0) is 14.3 Å². The molecule has 0 bridgehead atoms. The van der Waals surface area contributed by atoms with Crippen molar-refractivity contribution < 1.29 is 23.8 Å². The molecule has 4 rings (SSSR count). The first-order valence-corrected chi connectivity index (χ1v) is 11.7. The van der Waals surface area contributed by atoms with Crippen molar-refractivity contribution in [3.8, 4) is 11.5 Å². The van der Waals surface area contributed by atoms with Crippen molar-refractivity contribution in [2.45, 2.75) is 19.9 Å². The Morgan fingerprint density at radius 1 is 1.14 bits per heavy atom. The van der Waals surface area contributed by atoms with E-state index >= 15 is 0 Å². The minimum atomic E-state index is -0.840. The van der Waals surface area contributed by atoms with Crippen molar-refractivity contribution in [1.29, 1.82) is 0 Å². The van der Waals surface area contributed by atoms with E-state index in [9.17, 15) is 14.4 Å². The fourth-order valence-corrected chi connectivity index (χ4v) is 5.06. The normalized spacial score (nSPS) is 15.3. The molecule has 2 aromatic carbocycles. The van der Waals surface area contributed by atoms with Gasteiger partial charge < -0.3 is 14.2 Å². The fraction of sp³-hybridized carbons (Fsp3) is 0.200. The lowest BCUT2D eigenvalue weighted by Crippen LogP contribution is -2.39. The Labute approximate surface area is 209 Å². The third kappa shape index (κ3) is 4.65. The molecule has 35 heavy (non-hydrogen) atoms. The molecule has 1 atom stereocenters. The van der Waals surface area contributed by atoms with Crippen molar-refractivity contribution in [3.05, 3.63) is 89.6 Å². The molecule has 10 heteroatoms. The molecule has 1 aromatic heterocycles. The van der Waals surface area contributed by atoms with Gasteiger partial charge in [0.2, 0.25) is 0 Å². The highest BCUT2D eigenvalue weighted by molar-refractivity contribution is 7.07. The van der Waals surface area contributed by atoms with E-state index in [-0.39, 0.29) is 22.6 Å². The number of fused-ring (bicyclic) bond motifs is 1. The number of benzene rings is 2. The van der Waals surface area contributed by atoms with Crippen LogP contribution < -0.4 is 24.4 Å². The van der Waals surface area contributed by atoms with Gasteiger partial charge in [0.15, 0.2) is 16.3 Å². The Balaban J connectivity index is 1.97. The second-order valence-electron chi connectivity index (χ2n) is 7.60. The molecule has 0 N–H and O–H groups in total. The zero-order chi connectivity index (χ0) is 25.3. The van der Waals surface area contributed by atoms with Gasteiger partial charge in [0.1, 0.15) is 0 Å². The minimum Gasteiger partial charge on any atom is -0.493 e. The summed E-state index contributed by atoms with van der Waals surface area (Å²) in [6, 6.07) is 11.2. The first-order valence-electron chi connectivity index (χ1n) is 10.5. The van der Waals surface area contributed by atoms with Crippen LogP contribution in [-0.4, -0.2) is 30.7 Å². The van der Waals surface area contributed by atoms with Gasteiger partial charge in [-0.15, -0.1) is 0 Å². The number of methoxy groups -OCH3 is 2. The van der Waals surface area contributed by atoms with E-state index in [0.29, 0.717) is 31.2 Å². The number of hydrogen-bond acceptors (Lipinski definition) is 8. The van der Waals surface area contributed by atoms with Gasteiger partial charge in [0.05, 0.1) is 36.1 Å². The van der Waals surface area contributed by atoms with E-state index in [1.807, 2.05) is 12.1 Å². The van der Waals surface area contributed by atoms with Crippen molar-refractivity contribution in [1.82, 2.24) is 4.57 Å². The van der Waals surface area contributed by atoms with Crippen LogP contribution >= 0.6 is 22.9 Å². The monoisotopic (exact) mass is 512 g/mol. The maximum Gasteiger partial charge on any atom is 0.338 e. The second-order valence-corrected chi connectivity index (χ2v) is 9.02. The molecule has 0 fully saturated rings. The third-order valence-corrected chi connectivity index (χ3v) is 6.70. The molecule has 3 aromatic rings. The smallest absolute Gasteiger partial charge is 0.338 e. The number of rotatable bonds is 5. The largest absolute Gasteiger partial charge is 0.493 e. The maximum absolute atomic E-state index is 13.6. The van der Waals surface area contributed by atoms with Crippen LogP contribution in [0, 0.1) is 0 Å². The number of allylic oxidation sites excluding steroid dienone is 1. The summed E-state index contributed by atoms with van der Waals surface area (Å²) in [5.41, 5.74) is 1.54. The number of thiazole rings is 1. The third-order valence-electron chi connectivity index (χ3n) is 5.38. The predicted molar refractivity (Wildman–Crippen MR) is 132 cm³/mol. The van der Waals surface area contributed by atoms with E-state index in [2.05, 4.69) is 4.99 Å². The lowest BCUT2D eigenvalue weighted by atomic mass is 9.95. The van der Waals surface area contributed by atoms with Gasteiger partial charge in [0.25, 0.3) is 5.56 Å². The van der Waals surface area contributed by atoms with Crippen LogP contribution in [0.4, 0.5) is 0 Å². The molecule has 8 nitrogen and oxygen atoms in total. The number of halogens is 1. The number of esters is 2. The first-order chi connectivity index (χ1) is 16.7. The summed E-state index contributed by atoms with van der Waals surface area (Å²) in [6.45, 7) is 2.97. The van der Waals surface area contributed by atoms with Gasteiger partial charge in [-0.25, -0.2) is 9.79 Å². The topological polar surface area (TPSA) is 96.2 Å². The fourth-order valence-electron chi connectivity index (χ4n) is 3.83. The lowest BCUT2D eigenvalue weighted by molar-refractivity contribution is -0.136. The van der Waals surface area contributed by atoms with Gasteiger partial charge >= 0.3 is 11.9 Å². The Morgan fingerprint density at radius 2 is 1.89 bits per heavy atom. The van der Waals surface area contributed by atoms with Gasteiger partial charge in [-0.05, 0) is 42.3 Å². The summed E-state index contributed by atoms with van der Waals surface area (Å²) in [4.78, 5) is 42.8. The van der Waals surface area contributed by atoms with E-state index in [1.165, 1.54) is 37.0 Å². The van der Waals surface area contributed by atoms with Gasteiger partial charge in [0, 0.05) is 11.9 Å². The van der Waals surface area contributed by atoms with Crippen molar-refractivity contribution in [2.24, 2.45) is 4.99 Å². The van der Waals surface area contributed by atoms with Gasteiger partial charge in [-0.2, -0.15) is 0 Å². The molecule has 0 spiro atoms. The van der Waals surface area contributed by atoms with Crippen LogP contribution in [0.2, 0.25) is 5.02 Å². The number of aromatic nitrogens is 1. The van der Waals surface area contributed by atoms with Gasteiger partial charge in [-0.3, -0.25) is 14.2 Å². The number of carbonyl (C=O) groups excluding carboxylic acids is 2. The standard InChI is InChI=1S/C25H21ClN2O6S/c1-13-21(24(31)33-4)22(16-9-10-18(34-14(2)29)19(11-16)32-3)28-23(30)20(35-25(28)27-13)12-15-7-5-6-8-17(15)26/h5-12,22H,1-4H3/b20-12-/t22-/m0/s1. The Morgan fingerprint density at radius 3 is 2.54 bits per heavy atom. The molecule has 0 unspecified atom stereocenters. The van der Waals surface area contributed by atoms with Crippen LogP contribution in [0.3, 0.4) is 0 Å². The molecule has 0 aliphatic carbocycles. The van der Waals surface area contributed by atoms with Crippen LogP contribution in [0.25, 0.3) is 6.08 Å². The number of carbonyl (C=O) groups is 2. The highest BCUT2D eigenvalue weighted by Gasteiger charge is 2.33. The summed E-state index contributed by atoms with van der Waals surface area (Å²) in [5.74, 6) is -0.626. The highest BCUT2D eigenvalue weighted by atomic mass is 35.5. The minimum absolute atomic E-state index is 0.214. The predicted octanol–water partition coefficient (Wildman–Crippen LogP) is 3.00. The van der Waals surface area contributed by atoms with Crippen molar-refractivity contribution in [2.75, 3.05) is 14.2 Å². The molecular formula is C25H21ClN2O6S. The van der Waals surface area contributed by atoms with E-state index in [0.717, 1.165) is 0 Å². The summed E-state index contributed by atoms with van der Waals surface area (Å²) >= 11 is 7.48. The van der Waals surface area contributed by atoms with E-state index in [1.54, 1.807) is 43.3 Å².